The van der Waals surface area contributed by atoms with Gasteiger partial charge in [0.25, 0.3) is 0 Å². The average Bonchev–Trinajstić information content (AvgIpc) is 2.98. The standard InChI is InChI=1S/C15H18N2S/c1-10-9-12(10)15-17-14(13(18-15)7-8-16)11-5-3-2-4-6-11/h2-6,10,12H,7-9,16H2,1H3. The molecular weight excluding hydrogens is 240 g/mol. The second-order valence-electron chi connectivity index (χ2n) is 5.05. The van der Waals surface area contributed by atoms with E-state index in [1.165, 1.54) is 21.9 Å². The number of aromatic nitrogens is 1. The van der Waals surface area contributed by atoms with Crippen LogP contribution in [-0.2, 0) is 6.42 Å². The van der Waals surface area contributed by atoms with E-state index in [-0.39, 0.29) is 0 Å². The van der Waals surface area contributed by atoms with E-state index < -0.39 is 0 Å². The summed E-state index contributed by atoms with van der Waals surface area (Å²) in [4.78, 5) is 6.22. The van der Waals surface area contributed by atoms with E-state index in [1.54, 1.807) is 0 Å². The highest BCUT2D eigenvalue weighted by Crippen LogP contribution is 2.49. The maximum Gasteiger partial charge on any atom is 0.0969 e. The Morgan fingerprint density at radius 1 is 1.33 bits per heavy atom. The van der Waals surface area contributed by atoms with Crippen LogP contribution in [0.2, 0.25) is 0 Å². The molecule has 2 nitrogen and oxygen atoms in total. The Balaban J connectivity index is 1.99. The van der Waals surface area contributed by atoms with E-state index in [4.69, 9.17) is 10.7 Å². The van der Waals surface area contributed by atoms with Crippen LogP contribution in [0.25, 0.3) is 11.3 Å². The molecule has 1 heterocycles. The number of hydrogen-bond donors (Lipinski definition) is 1. The normalized spacial score (nSPS) is 22.1. The van der Waals surface area contributed by atoms with Gasteiger partial charge in [0.1, 0.15) is 0 Å². The van der Waals surface area contributed by atoms with Crippen molar-refractivity contribution in [3.63, 3.8) is 0 Å². The summed E-state index contributed by atoms with van der Waals surface area (Å²) >= 11 is 1.86. The van der Waals surface area contributed by atoms with Gasteiger partial charge in [-0.25, -0.2) is 4.98 Å². The largest absolute Gasteiger partial charge is 0.330 e. The van der Waals surface area contributed by atoms with Crippen LogP contribution in [0.5, 0.6) is 0 Å². The molecule has 1 aliphatic carbocycles. The highest BCUT2D eigenvalue weighted by Gasteiger charge is 2.37. The number of rotatable bonds is 4. The Morgan fingerprint density at radius 2 is 2.06 bits per heavy atom. The molecule has 3 heteroatoms. The number of nitrogens with zero attached hydrogens (tertiary/aromatic N) is 1. The van der Waals surface area contributed by atoms with E-state index in [0.29, 0.717) is 12.5 Å². The number of nitrogens with two attached hydrogens (primary N) is 1. The molecule has 94 valence electrons. The van der Waals surface area contributed by atoms with Crippen molar-refractivity contribution in [3.8, 4) is 11.3 Å². The van der Waals surface area contributed by atoms with Gasteiger partial charge in [-0.05, 0) is 25.3 Å². The maximum absolute atomic E-state index is 5.71. The molecule has 3 rings (SSSR count). The zero-order valence-corrected chi connectivity index (χ0v) is 11.4. The van der Waals surface area contributed by atoms with E-state index in [1.807, 2.05) is 17.4 Å². The van der Waals surface area contributed by atoms with Gasteiger partial charge in [-0.3, -0.25) is 0 Å². The van der Waals surface area contributed by atoms with Gasteiger partial charge in [-0.15, -0.1) is 11.3 Å². The lowest BCUT2D eigenvalue weighted by Gasteiger charge is -2.00. The molecule has 0 aliphatic heterocycles. The Kier molecular flexibility index (Phi) is 3.18. The first kappa shape index (κ1) is 11.9. The van der Waals surface area contributed by atoms with Crippen molar-refractivity contribution >= 4 is 11.3 Å². The van der Waals surface area contributed by atoms with Crippen molar-refractivity contribution in [3.05, 3.63) is 40.2 Å². The fraction of sp³-hybridized carbons (Fsp3) is 0.400. The van der Waals surface area contributed by atoms with Crippen LogP contribution in [0.3, 0.4) is 0 Å². The smallest absolute Gasteiger partial charge is 0.0969 e. The van der Waals surface area contributed by atoms with Gasteiger partial charge in [0.2, 0.25) is 0 Å². The zero-order chi connectivity index (χ0) is 12.5. The predicted octanol–water partition coefficient (Wildman–Crippen LogP) is 3.43. The molecule has 1 aromatic carbocycles. The summed E-state index contributed by atoms with van der Waals surface area (Å²) in [5.74, 6) is 1.51. The van der Waals surface area contributed by atoms with Crippen molar-refractivity contribution in [1.29, 1.82) is 0 Å². The van der Waals surface area contributed by atoms with Crippen molar-refractivity contribution in [1.82, 2.24) is 4.98 Å². The van der Waals surface area contributed by atoms with Crippen molar-refractivity contribution in [2.45, 2.75) is 25.7 Å². The highest BCUT2D eigenvalue weighted by atomic mass is 32.1. The van der Waals surface area contributed by atoms with Crippen molar-refractivity contribution < 1.29 is 0 Å². The molecule has 1 aromatic heterocycles. The van der Waals surface area contributed by atoms with Crippen LogP contribution in [-0.4, -0.2) is 11.5 Å². The maximum atomic E-state index is 5.71. The van der Waals surface area contributed by atoms with E-state index in [9.17, 15) is 0 Å². The van der Waals surface area contributed by atoms with E-state index in [0.717, 1.165) is 18.0 Å². The Hall–Kier alpha value is -1.19. The second kappa shape index (κ2) is 4.82. The molecule has 2 unspecified atom stereocenters. The van der Waals surface area contributed by atoms with Crippen LogP contribution in [0.4, 0.5) is 0 Å². The fourth-order valence-corrected chi connectivity index (χ4v) is 3.67. The van der Waals surface area contributed by atoms with Gasteiger partial charge in [0, 0.05) is 16.4 Å². The molecule has 2 aromatic rings. The molecule has 0 amide bonds. The first-order valence-electron chi connectivity index (χ1n) is 6.54. The van der Waals surface area contributed by atoms with E-state index in [2.05, 4.69) is 31.2 Å². The van der Waals surface area contributed by atoms with Crippen LogP contribution in [0.15, 0.2) is 30.3 Å². The SMILES string of the molecule is CC1CC1c1nc(-c2ccccc2)c(CCN)s1. The molecule has 1 aliphatic rings. The number of hydrogen-bond acceptors (Lipinski definition) is 3. The third-order valence-corrected chi connectivity index (χ3v) is 4.81. The molecule has 18 heavy (non-hydrogen) atoms. The minimum absolute atomic E-state index is 0.696. The minimum atomic E-state index is 0.696. The summed E-state index contributed by atoms with van der Waals surface area (Å²) < 4.78 is 0. The lowest BCUT2D eigenvalue weighted by Crippen LogP contribution is -2.02. The summed E-state index contributed by atoms with van der Waals surface area (Å²) in [6.45, 7) is 3.00. The third kappa shape index (κ3) is 2.20. The van der Waals surface area contributed by atoms with Crippen LogP contribution < -0.4 is 5.73 Å². The van der Waals surface area contributed by atoms with Gasteiger partial charge in [-0.2, -0.15) is 0 Å². The fourth-order valence-electron chi connectivity index (χ4n) is 2.32. The molecular formula is C15H18N2S. The van der Waals surface area contributed by atoms with Gasteiger partial charge in [0.05, 0.1) is 10.7 Å². The Labute approximate surface area is 112 Å². The average molecular weight is 258 g/mol. The van der Waals surface area contributed by atoms with Gasteiger partial charge in [-0.1, -0.05) is 37.3 Å². The van der Waals surface area contributed by atoms with Crippen LogP contribution in [0, 0.1) is 5.92 Å². The molecule has 2 N–H and O–H groups in total. The predicted molar refractivity (Wildman–Crippen MR) is 76.8 cm³/mol. The van der Waals surface area contributed by atoms with Crippen molar-refractivity contribution in [2.75, 3.05) is 6.54 Å². The third-order valence-electron chi connectivity index (χ3n) is 3.56. The molecule has 1 fully saturated rings. The Bertz CT molecular complexity index is 533. The zero-order valence-electron chi connectivity index (χ0n) is 10.6. The number of benzene rings is 1. The van der Waals surface area contributed by atoms with Gasteiger partial charge in [0.15, 0.2) is 0 Å². The summed E-state index contributed by atoms with van der Waals surface area (Å²) in [6, 6.07) is 10.5. The highest BCUT2D eigenvalue weighted by molar-refractivity contribution is 7.12. The molecule has 2 atom stereocenters. The quantitative estimate of drug-likeness (QED) is 0.912. The summed E-state index contributed by atoms with van der Waals surface area (Å²) in [5.41, 5.74) is 8.09. The summed E-state index contributed by atoms with van der Waals surface area (Å²) in [7, 11) is 0. The lowest BCUT2D eigenvalue weighted by molar-refractivity contribution is 0.906. The lowest BCUT2D eigenvalue weighted by atomic mass is 10.1. The second-order valence-corrected chi connectivity index (χ2v) is 6.16. The van der Waals surface area contributed by atoms with Gasteiger partial charge >= 0.3 is 0 Å². The first-order valence-corrected chi connectivity index (χ1v) is 7.36. The van der Waals surface area contributed by atoms with E-state index >= 15 is 0 Å². The molecule has 0 radical (unpaired) electrons. The molecule has 1 saturated carbocycles. The molecule has 0 spiro atoms. The first-order chi connectivity index (χ1) is 8.79. The van der Waals surface area contributed by atoms with Crippen molar-refractivity contribution in [2.24, 2.45) is 11.7 Å². The summed E-state index contributed by atoms with van der Waals surface area (Å²) in [5, 5.41) is 1.31. The Morgan fingerprint density at radius 3 is 2.67 bits per heavy atom. The van der Waals surface area contributed by atoms with Crippen LogP contribution in [0.1, 0.15) is 29.1 Å². The summed E-state index contributed by atoms with van der Waals surface area (Å²) in [6.07, 6.45) is 2.23. The number of thiazole rings is 1. The molecule has 0 bridgehead atoms. The van der Waals surface area contributed by atoms with Gasteiger partial charge < -0.3 is 5.73 Å². The molecule has 0 saturated heterocycles. The topological polar surface area (TPSA) is 38.9 Å². The van der Waals surface area contributed by atoms with Crippen LogP contribution >= 0.6 is 11.3 Å². The monoisotopic (exact) mass is 258 g/mol. The minimum Gasteiger partial charge on any atom is -0.330 e.